The Morgan fingerprint density at radius 2 is 2.05 bits per heavy atom. The fourth-order valence-corrected chi connectivity index (χ4v) is 2.50. The van der Waals surface area contributed by atoms with Gasteiger partial charge in [0.15, 0.2) is 0 Å². The fraction of sp³-hybridized carbons (Fsp3) is 0.562. The number of benzene rings is 1. The lowest BCUT2D eigenvalue weighted by molar-refractivity contribution is 0.218. The molecule has 1 fully saturated rings. The highest BCUT2D eigenvalue weighted by Crippen LogP contribution is 2.31. The molecule has 0 spiro atoms. The normalized spacial score (nSPS) is 18.0. The molecule has 1 aliphatic carbocycles. The van der Waals surface area contributed by atoms with Gasteiger partial charge in [-0.1, -0.05) is 37.3 Å². The Bertz CT molecular complexity index is 433. The highest BCUT2D eigenvalue weighted by molar-refractivity contribution is 5.31. The molecule has 0 amide bonds. The fourth-order valence-electron chi connectivity index (χ4n) is 2.50. The van der Waals surface area contributed by atoms with E-state index in [4.69, 9.17) is 0 Å². The van der Waals surface area contributed by atoms with Crippen LogP contribution in [0.1, 0.15) is 25.3 Å². The highest BCUT2D eigenvalue weighted by atomic mass is 15.2. The van der Waals surface area contributed by atoms with Crippen molar-refractivity contribution in [1.29, 1.82) is 5.26 Å². The van der Waals surface area contributed by atoms with Crippen LogP contribution >= 0.6 is 0 Å². The summed E-state index contributed by atoms with van der Waals surface area (Å²) in [6, 6.07) is 12.5. The predicted octanol–water partition coefficient (Wildman–Crippen LogP) is 2.36. The monoisotopic (exact) mass is 257 g/mol. The van der Waals surface area contributed by atoms with Crippen molar-refractivity contribution in [1.82, 2.24) is 10.2 Å². The van der Waals surface area contributed by atoms with Crippen molar-refractivity contribution in [3.63, 3.8) is 0 Å². The van der Waals surface area contributed by atoms with Gasteiger partial charge in [0.1, 0.15) is 5.54 Å². The summed E-state index contributed by atoms with van der Waals surface area (Å²) in [6.45, 7) is 5.03. The van der Waals surface area contributed by atoms with Gasteiger partial charge in [-0.05, 0) is 37.9 Å². The molecule has 1 aromatic carbocycles. The summed E-state index contributed by atoms with van der Waals surface area (Å²) < 4.78 is 0. The molecule has 0 bridgehead atoms. The molecule has 102 valence electrons. The maximum atomic E-state index is 9.68. The van der Waals surface area contributed by atoms with Crippen LogP contribution in [0.3, 0.4) is 0 Å². The second-order valence-electron chi connectivity index (χ2n) is 5.40. The molecule has 0 heterocycles. The summed E-state index contributed by atoms with van der Waals surface area (Å²) in [5, 5.41) is 12.9. The first-order valence-corrected chi connectivity index (χ1v) is 7.12. The number of nitriles is 1. The van der Waals surface area contributed by atoms with Crippen molar-refractivity contribution in [2.24, 2.45) is 5.92 Å². The summed E-state index contributed by atoms with van der Waals surface area (Å²) >= 11 is 0. The molecule has 0 radical (unpaired) electrons. The average Bonchev–Trinajstić information content (AvgIpc) is 3.28. The first kappa shape index (κ1) is 14.0. The van der Waals surface area contributed by atoms with E-state index in [0.717, 1.165) is 31.1 Å². The van der Waals surface area contributed by atoms with Gasteiger partial charge in [0.25, 0.3) is 0 Å². The first-order valence-electron chi connectivity index (χ1n) is 7.12. The minimum Gasteiger partial charge on any atom is -0.300 e. The Kier molecular flexibility index (Phi) is 4.57. The van der Waals surface area contributed by atoms with Gasteiger partial charge < -0.3 is 4.90 Å². The lowest BCUT2D eigenvalue weighted by Crippen LogP contribution is -2.49. The van der Waals surface area contributed by atoms with Crippen LogP contribution in [0.25, 0.3) is 0 Å². The molecule has 1 aliphatic rings. The van der Waals surface area contributed by atoms with Crippen LogP contribution in [-0.4, -0.2) is 31.6 Å². The molecule has 1 aromatic rings. The van der Waals surface area contributed by atoms with Crippen LogP contribution in [0.4, 0.5) is 0 Å². The molecule has 0 aliphatic heterocycles. The van der Waals surface area contributed by atoms with Crippen molar-refractivity contribution < 1.29 is 0 Å². The molecule has 1 unspecified atom stereocenters. The molecule has 19 heavy (non-hydrogen) atoms. The van der Waals surface area contributed by atoms with Crippen molar-refractivity contribution in [3.8, 4) is 6.07 Å². The quantitative estimate of drug-likeness (QED) is 0.815. The zero-order valence-corrected chi connectivity index (χ0v) is 11.9. The lowest BCUT2D eigenvalue weighted by Gasteiger charge is -2.33. The molecule has 1 atom stereocenters. The second kappa shape index (κ2) is 6.18. The van der Waals surface area contributed by atoms with E-state index in [9.17, 15) is 5.26 Å². The van der Waals surface area contributed by atoms with E-state index in [1.165, 1.54) is 12.8 Å². The van der Waals surface area contributed by atoms with Crippen molar-refractivity contribution in [3.05, 3.63) is 35.9 Å². The van der Waals surface area contributed by atoms with E-state index in [2.05, 4.69) is 23.2 Å². The summed E-state index contributed by atoms with van der Waals surface area (Å²) in [5.41, 5.74) is 0.445. The van der Waals surface area contributed by atoms with E-state index in [1.54, 1.807) is 0 Å². The van der Waals surface area contributed by atoms with Crippen LogP contribution in [-0.2, 0) is 5.54 Å². The molecule has 0 saturated heterocycles. The molecular formula is C16H23N3. The first-order chi connectivity index (χ1) is 9.24. The van der Waals surface area contributed by atoms with Crippen LogP contribution in [0.15, 0.2) is 30.3 Å². The van der Waals surface area contributed by atoms with Crippen molar-refractivity contribution >= 4 is 0 Å². The third kappa shape index (κ3) is 3.34. The van der Waals surface area contributed by atoms with Crippen LogP contribution < -0.4 is 5.32 Å². The van der Waals surface area contributed by atoms with Gasteiger partial charge in [0.2, 0.25) is 0 Å². The Morgan fingerprint density at radius 3 is 2.53 bits per heavy atom. The zero-order chi connectivity index (χ0) is 13.7. The molecule has 2 rings (SSSR count). The lowest BCUT2D eigenvalue weighted by atomic mass is 9.90. The van der Waals surface area contributed by atoms with Gasteiger partial charge in [0.05, 0.1) is 6.07 Å². The van der Waals surface area contributed by atoms with Gasteiger partial charge in [-0.25, -0.2) is 0 Å². The summed E-state index contributed by atoms with van der Waals surface area (Å²) in [4.78, 5) is 2.39. The van der Waals surface area contributed by atoms with Gasteiger partial charge in [-0.15, -0.1) is 0 Å². The summed E-state index contributed by atoms with van der Waals surface area (Å²) in [5.74, 6) is 0.851. The molecule has 0 aromatic heterocycles. The van der Waals surface area contributed by atoms with Crippen LogP contribution in [0.5, 0.6) is 0 Å². The second-order valence-corrected chi connectivity index (χ2v) is 5.40. The van der Waals surface area contributed by atoms with Crippen LogP contribution in [0, 0.1) is 17.2 Å². The Labute approximate surface area is 116 Å². The topological polar surface area (TPSA) is 39.1 Å². The van der Waals surface area contributed by atoms with E-state index in [0.29, 0.717) is 0 Å². The molecule has 3 heteroatoms. The van der Waals surface area contributed by atoms with E-state index < -0.39 is 5.54 Å². The van der Waals surface area contributed by atoms with Gasteiger partial charge in [-0.2, -0.15) is 5.26 Å². The number of nitrogens with one attached hydrogen (secondary N) is 1. The average molecular weight is 257 g/mol. The van der Waals surface area contributed by atoms with E-state index >= 15 is 0 Å². The minimum absolute atomic E-state index is 0.605. The predicted molar refractivity (Wildman–Crippen MR) is 77.6 cm³/mol. The Morgan fingerprint density at radius 1 is 1.37 bits per heavy atom. The number of nitrogens with zero attached hydrogens (tertiary/aromatic N) is 2. The Balaban J connectivity index is 2.16. The van der Waals surface area contributed by atoms with Crippen molar-refractivity contribution in [2.75, 3.05) is 26.7 Å². The largest absolute Gasteiger partial charge is 0.300 e. The molecule has 1 N–H and O–H groups in total. The molecule has 1 saturated carbocycles. The maximum absolute atomic E-state index is 9.68. The number of rotatable bonds is 7. The maximum Gasteiger partial charge on any atom is 0.144 e. The van der Waals surface area contributed by atoms with Gasteiger partial charge in [-0.3, -0.25) is 5.32 Å². The Hall–Kier alpha value is -1.37. The van der Waals surface area contributed by atoms with E-state index in [1.807, 2.05) is 37.4 Å². The van der Waals surface area contributed by atoms with Crippen molar-refractivity contribution in [2.45, 2.75) is 25.3 Å². The van der Waals surface area contributed by atoms with Gasteiger partial charge >= 0.3 is 0 Å². The smallest absolute Gasteiger partial charge is 0.144 e. The number of hydrogen-bond acceptors (Lipinski definition) is 3. The standard InChI is InChI=1S/C16H23N3/c1-3-19(11-14-9-10-14)13-16(12-17,18-2)15-7-5-4-6-8-15/h4-8,14,18H,3,9-11,13H2,1-2H3. The number of hydrogen-bond donors (Lipinski definition) is 1. The van der Waals surface area contributed by atoms with E-state index in [-0.39, 0.29) is 0 Å². The van der Waals surface area contributed by atoms with Crippen LogP contribution in [0.2, 0.25) is 0 Å². The SMILES string of the molecule is CCN(CC1CC1)CC(C#N)(NC)c1ccccc1. The third-order valence-electron chi connectivity index (χ3n) is 4.01. The summed E-state index contributed by atoms with van der Waals surface area (Å²) in [7, 11) is 1.88. The van der Waals surface area contributed by atoms with Gasteiger partial charge in [0, 0.05) is 13.1 Å². The summed E-state index contributed by atoms with van der Waals surface area (Å²) in [6.07, 6.45) is 2.70. The molecule has 3 nitrogen and oxygen atoms in total. The number of likely N-dealkylation sites (N-methyl/N-ethyl adjacent to an activating group) is 2. The minimum atomic E-state index is -0.605. The third-order valence-corrected chi connectivity index (χ3v) is 4.01. The highest BCUT2D eigenvalue weighted by Gasteiger charge is 2.34. The zero-order valence-electron chi connectivity index (χ0n) is 11.9. The molecular weight excluding hydrogens is 234 g/mol.